The van der Waals surface area contributed by atoms with Gasteiger partial charge in [-0.05, 0) is 29.8 Å². The van der Waals surface area contributed by atoms with Gasteiger partial charge in [-0.1, -0.05) is 18.2 Å². The number of carbonyl (C=O) groups is 4. The van der Waals surface area contributed by atoms with E-state index in [4.69, 9.17) is 4.74 Å². The van der Waals surface area contributed by atoms with Gasteiger partial charge in [0.1, 0.15) is 16.9 Å². The summed E-state index contributed by atoms with van der Waals surface area (Å²) in [6.45, 7) is -0.0387. The van der Waals surface area contributed by atoms with Crippen LogP contribution in [0.4, 0.5) is 23.7 Å². The van der Waals surface area contributed by atoms with E-state index in [1.54, 1.807) is 18.3 Å². The zero-order valence-corrected chi connectivity index (χ0v) is 22.0. The summed E-state index contributed by atoms with van der Waals surface area (Å²) in [6, 6.07) is 10.1. The molecule has 1 unspecified atom stereocenters. The van der Waals surface area contributed by atoms with Gasteiger partial charge in [0, 0.05) is 36.8 Å². The van der Waals surface area contributed by atoms with Crippen LogP contribution >= 0.6 is 0 Å². The first-order chi connectivity index (χ1) is 19.3. The molecule has 0 saturated heterocycles. The van der Waals surface area contributed by atoms with Crippen LogP contribution in [-0.4, -0.2) is 63.5 Å². The first-order valence-corrected chi connectivity index (χ1v) is 13.2. The molecule has 0 saturated carbocycles. The summed E-state index contributed by atoms with van der Waals surface area (Å²) < 4.78 is 74.5. The fourth-order valence-corrected chi connectivity index (χ4v) is 4.83. The van der Waals surface area contributed by atoms with E-state index in [1.165, 1.54) is 19.2 Å². The van der Waals surface area contributed by atoms with Gasteiger partial charge in [-0.2, -0.15) is 13.2 Å². The number of nitrogens with zero attached hydrogens (tertiary/aromatic N) is 1. The Morgan fingerprint density at radius 1 is 1.10 bits per heavy atom. The van der Waals surface area contributed by atoms with Crippen LogP contribution in [0.15, 0.2) is 59.6 Å². The van der Waals surface area contributed by atoms with Crippen molar-refractivity contribution in [2.24, 2.45) is 0 Å². The normalized spacial score (nSPS) is 12.3. The maximum Gasteiger partial charge on any atom is 0.491 e. The Morgan fingerprint density at radius 2 is 1.85 bits per heavy atom. The number of hydrogen-bond acceptors (Lipinski definition) is 9. The Bertz CT molecular complexity index is 1560. The fraction of sp³-hybridized carbons (Fsp3) is 0.240. The molecule has 1 aromatic heterocycles. The second-order valence-electron chi connectivity index (χ2n) is 8.28. The highest BCUT2D eigenvalue weighted by atomic mass is 32.2. The molecule has 0 fully saturated rings. The first kappa shape index (κ1) is 31.0. The molecule has 218 valence electrons. The monoisotopic (exact) mass is 596 g/mol. The molecule has 3 aromatic rings. The molecule has 1 atom stereocenters. The minimum atomic E-state index is -5.47. The molecule has 2 amide bonds. The average molecular weight is 597 g/mol. The molecule has 0 radical (unpaired) electrons. The lowest BCUT2D eigenvalue weighted by atomic mass is 10.1. The Hall–Kier alpha value is -4.57. The van der Waals surface area contributed by atoms with Crippen LogP contribution in [-0.2, 0) is 35.6 Å². The predicted octanol–water partition coefficient (Wildman–Crippen LogP) is 2.48. The van der Waals surface area contributed by atoms with Crippen LogP contribution in [0.3, 0.4) is 0 Å². The third-order valence-corrected chi connectivity index (χ3v) is 6.91. The number of amides is 2. The highest BCUT2D eigenvalue weighted by molar-refractivity contribution is 7.89. The summed E-state index contributed by atoms with van der Waals surface area (Å²) in [5, 5.41) is 5.64. The van der Waals surface area contributed by atoms with Gasteiger partial charge in [-0.15, -0.1) is 0 Å². The van der Waals surface area contributed by atoms with Crippen molar-refractivity contribution in [1.29, 1.82) is 0 Å². The van der Waals surface area contributed by atoms with Crippen LogP contribution in [0.2, 0.25) is 0 Å². The second-order valence-corrected chi connectivity index (χ2v) is 9.96. The van der Waals surface area contributed by atoms with Crippen molar-refractivity contribution >= 4 is 50.9 Å². The predicted molar refractivity (Wildman–Crippen MR) is 137 cm³/mol. The minimum Gasteiger partial charge on any atom is -0.492 e. The van der Waals surface area contributed by atoms with Crippen molar-refractivity contribution in [3.05, 3.63) is 60.3 Å². The number of urea groups is 1. The Kier molecular flexibility index (Phi) is 9.96. The van der Waals surface area contributed by atoms with Crippen LogP contribution in [0.1, 0.15) is 12.0 Å². The topological polar surface area (TPSA) is 170 Å². The molecule has 16 heteroatoms. The van der Waals surface area contributed by atoms with Crippen molar-refractivity contribution in [2.75, 3.05) is 19.0 Å². The third-order valence-electron chi connectivity index (χ3n) is 5.38. The number of carbonyl (C=O) groups excluding carboxylic acids is 4. The molecule has 0 spiro atoms. The third kappa shape index (κ3) is 8.46. The molecule has 0 aliphatic heterocycles. The van der Waals surface area contributed by atoms with E-state index in [2.05, 4.69) is 20.4 Å². The molecule has 1 heterocycles. The van der Waals surface area contributed by atoms with Crippen molar-refractivity contribution in [2.45, 2.75) is 30.0 Å². The summed E-state index contributed by atoms with van der Waals surface area (Å²) in [6.07, 6.45) is -4.76. The largest absolute Gasteiger partial charge is 0.492 e. The number of rotatable bonds is 11. The summed E-state index contributed by atoms with van der Waals surface area (Å²) in [4.78, 5) is 49.5. The number of esters is 2. The molecule has 0 aliphatic rings. The number of nitrogens with one attached hydrogen (secondary N) is 3. The second kappa shape index (κ2) is 13.2. The van der Waals surface area contributed by atoms with Crippen LogP contribution in [0, 0.1) is 0 Å². The number of alkyl halides is 3. The molecule has 0 bridgehead atoms. The van der Waals surface area contributed by atoms with Crippen molar-refractivity contribution in [1.82, 2.24) is 15.0 Å². The van der Waals surface area contributed by atoms with Gasteiger partial charge in [-0.3, -0.25) is 9.78 Å². The number of sulfonamides is 1. The van der Waals surface area contributed by atoms with Gasteiger partial charge in [0.25, 0.3) is 0 Å². The lowest BCUT2D eigenvalue weighted by Gasteiger charge is -2.17. The number of aromatic nitrogens is 1. The molecule has 12 nitrogen and oxygen atoms in total. The molecular weight excluding hydrogens is 573 g/mol. The zero-order chi connectivity index (χ0) is 30.2. The van der Waals surface area contributed by atoms with Gasteiger partial charge < -0.3 is 24.9 Å². The number of anilines is 1. The smallest absolute Gasteiger partial charge is 0.491 e. The summed E-state index contributed by atoms with van der Waals surface area (Å²) in [5.74, 6) is -4.84. The van der Waals surface area contributed by atoms with Gasteiger partial charge in [0.05, 0.1) is 24.6 Å². The Balaban J connectivity index is 1.82. The van der Waals surface area contributed by atoms with Gasteiger partial charge in [-0.25, -0.2) is 22.7 Å². The molecule has 2 aromatic carbocycles. The van der Waals surface area contributed by atoms with Crippen LogP contribution in [0.25, 0.3) is 10.9 Å². The van der Waals surface area contributed by atoms with E-state index in [0.29, 0.717) is 6.42 Å². The van der Waals surface area contributed by atoms with Crippen LogP contribution < -0.4 is 20.1 Å². The maximum absolute atomic E-state index is 13.1. The lowest BCUT2D eigenvalue weighted by molar-refractivity contribution is -0.202. The lowest BCUT2D eigenvalue weighted by Crippen LogP contribution is -2.39. The van der Waals surface area contributed by atoms with E-state index >= 15 is 0 Å². The quantitative estimate of drug-likeness (QED) is 0.171. The summed E-state index contributed by atoms with van der Waals surface area (Å²) in [7, 11) is -3.28. The number of pyridine rings is 1. The standard InChI is InChI=1S/C25H23F3N4O8S/c1-29-24(36)31-16-7-8-21(41(37,38)32-17(14-33)13-22(34)40-23(35)25(26,27)28)20(12-16)39-11-9-15-4-2-6-19-18(15)5-3-10-30-19/h2-8,10,12,14,17,32H,9,11,13H2,1H3,(H2,29,31,36). The maximum atomic E-state index is 13.1. The molecular formula is C25H23F3N4O8S. The van der Waals surface area contributed by atoms with Gasteiger partial charge in [0.15, 0.2) is 0 Å². The average Bonchev–Trinajstić information content (AvgIpc) is 2.92. The van der Waals surface area contributed by atoms with Crippen LogP contribution in [0.5, 0.6) is 5.75 Å². The molecule has 3 rings (SSSR count). The number of hydrogen-bond donors (Lipinski definition) is 3. The number of ether oxygens (including phenoxy) is 2. The summed E-state index contributed by atoms with van der Waals surface area (Å²) in [5.41, 5.74) is 1.74. The van der Waals surface area contributed by atoms with E-state index in [9.17, 15) is 40.8 Å². The Labute approximate surface area is 231 Å². The van der Waals surface area contributed by atoms with E-state index in [1.807, 2.05) is 22.9 Å². The van der Waals surface area contributed by atoms with Crippen molar-refractivity contribution in [3.63, 3.8) is 0 Å². The SMILES string of the molecule is CNC(=O)Nc1ccc(S(=O)(=O)NC(C=O)CC(=O)OC(=O)C(F)(F)F)c(OCCc2cccc3ncccc23)c1. The van der Waals surface area contributed by atoms with Crippen molar-refractivity contribution in [3.8, 4) is 5.75 Å². The first-order valence-electron chi connectivity index (χ1n) is 11.7. The molecule has 41 heavy (non-hydrogen) atoms. The molecule has 0 aliphatic carbocycles. The van der Waals surface area contributed by atoms with E-state index < -0.39 is 51.5 Å². The number of aldehydes is 1. The highest BCUT2D eigenvalue weighted by Crippen LogP contribution is 2.29. The van der Waals surface area contributed by atoms with E-state index in [-0.39, 0.29) is 24.3 Å². The fourth-order valence-electron chi connectivity index (χ4n) is 3.53. The van der Waals surface area contributed by atoms with Gasteiger partial charge in [0.2, 0.25) is 10.0 Å². The Morgan fingerprint density at radius 3 is 2.54 bits per heavy atom. The number of benzene rings is 2. The number of fused-ring (bicyclic) bond motifs is 1. The molecule has 3 N–H and O–H groups in total. The highest BCUT2D eigenvalue weighted by Gasteiger charge is 2.42. The number of halogens is 3. The minimum absolute atomic E-state index is 0.0387. The summed E-state index contributed by atoms with van der Waals surface area (Å²) >= 11 is 0. The van der Waals surface area contributed by atoms with Crippen molar-refractivity contribution < 1.29 is 50.2 Å². The van der Waals surface area contributed by atoms with E-state index in [0.717, 1.165) is 22.5 Å². The van der Waals surface area contributed by atoms with Gasteiger partial charge >= 0.3 is 24.1 Å². The zero-order valence-electron chi connectivity index (χ0n) is 21.2.